The maximum Gasteiger partial charge on any atom is 0.149 e. The zero-order chi connectivity index (χ0) is 14.7. The first kappa shape index (κ1) is 15.7. The van der Waals surface area contributed by atoms with Crippen molar-refractivity contribution >= 4 is 21.6 Å². The van der Waals surface area contributed by atoms with Crippen LogP contribution in [0, 0.1) is 17.6 Å². The van der Waals surface area contributed by atoms with Gasteiger partial charge in [0.2, 0.25) is 0 Å². The van der Waals surface area contributed by atoms with Crippen LogP contribution in [-0.4, -0.2) is 25.7 Å². The summed E-state index contributed by atoms with van der Waals surface area (Å²) in [6, 6.07) is 2.85. The highest BCUT2D eigenvalue weighted by atomic mass is 79.9. The molecule has 1 aliphatic heterocycles. The first-order valence-corrected chi connectivity index (χ1v) is 7.89. The molecule has 0 aliphatic carbocycles. The molecule has 2 nitrogen and oxygen atoms in total. The maximum absolute atomic E-state index is 14.0. The van der Waals surface area contributed by atoms with Crippen LogP contribution in [0.4, 0.5) is 14.5 Å². The van der Waals surface area contributed by atoms with Crippen molar-refractivity contribution in [3.63, 3.8) is 0 Å². The standard InChI is InChI=1S/C15H21BrF2N2/c1-10(2)6-11-9-20(5-3-4-19-11)15-7-12(16)13(17)8-14(15)18/h7-8,10-11,19H,3-6,9H2,1-2H3. The third-order valence-electron chi connectivity index (χ3n) is 3.56. The summed E-state index contributed by atoms with van der Waals surface area (Å²) in [5.74, 6) is -0.453. The van der Waals surface area contributed by atoms with Crippen molar-refractivity contribution in [2.45, 2.75) is 32.7 Å². The molecule has 5 heteroatoms. The third kappa shape index (κ3) is 3.92. The van der Waals surface area contributed by atoms with Gasteiger partial charge in [-0.05, 0) is 47.3 Å². The smallest absolute Gasteiger partial charge is 0.149 e. The Morgan fingerprint density at radius 2 is 2.10 bits per heavy atom. The Morgan fingerprint density at radius 1 is 1.35 bits per heavy atom. The third-order valence-corrected chi connectivity index (χ3v) is 4.17. The summed E-state index contributed by atoms with van der Waals surface area (Å²) >= 11 is 3.14. The van der Waals surface area contributed by atoms with Gasteiger partial charge in [0, 0.05) is 25.2 Å². The Balaban J connectivity index is 2.19. The molecule has 0 amide bonds. The van der Waals surface area contributed by atoms with Gasteiger partial charge in [-0.25, -0.2) is 8.78 Å². The highest BCUT2D eigenvalue weighted by molar-refractivity contribution is 9.10. The van der Waals surface area contributed by atoms with Crippen LogP contribution in [0.1, 0.15) is 26.7 Å². The van der Waals surface area contributed by atoms with Gasteiger partial charge in [-0.1, -0.05) is 13.8 Å². The maximum atomic E-state index is 14.0. The van der Waals surface area contributed by atoms with E-state index in [-0.39, 0.29) is 0 Å². The molecular weight excluding hydrogens is 326 g/mol. The normalized spacial score (nSPS) is 20.3. The highest BCUT2D eigenvalue weighted by Gasteiger charge is 2.21. The summed E-state index contributed by atoms with van der Waals surface area (Å²) in [5.41, 5.74) is 0.482. The molecule has 1 aliphatic rings. The zero-order valence-electron chi connectivity index (χ0n) is 11.9. The molecular formula is C15H21BrF2N2. The molecule has 1 unspecified atom stereocenters. The number of anilines is 1. The summed E-state index contributed by atoms with van der Waals surface area (Å²) < 4.78 is 27.7. The quantitative estimate of drug-likeness (QED) is 0.834. The van der Waals surface area contributed by atoms with Crippen LogP contribution < -0.4 is 10.2 Å². The van der Waals surface area contributed by atoms with Crippen molar-refractivity contribution in [3.05, 3.63) is 28.2 Å². The van der Waals surface area contributed by atoms with Crippen LogP contribution in [-0.2, 0) is 0 Å². The Morgan fingerprint density at radius 3 is 2.80 bits per heavy atom. The monoisotopic (exact) mass is 346 g/mol. The minimum Gasteiger partial charge on any atom is -0.368 e. The average molecular weight is 347 g/mol. The van der Waals surface area contributed by atoms with E-state index in [1.807, 2.05) is 4.90 Å². The van der Waals surface area contributed by atoms with Crippen molar-refractivity contribution in [2.75, 3.05) is 24.5 Å². The van der Waals surface area contributed by atoms with Gasteiger partial charge in [-0.15, -0.1) is 0 Å². The first-order chi connectivity index (χ1) is 9.47. The van der Waals surface area contributed by atoms with Gasteiger partial charge in [-0.3, -0.25) is 0 Å². The average Bonchev–Trinajstić information content (AvgIpc) is 2.58. The number of benzene rings is 1. The van der Waals surface area contributed by atoms with Gasteiger partial charge in [0.25, 0.3) is 0 Å². The van der Waals surface area contributed by atoms with Crippen molar-refractivity contribution in [1.29, 1.82) is 0 Å². The second-order valence-corrected chi connectivity index (χ2v) is 6.65. The lowest BCUT2D eigenvalue weighted by atomic mass is 10.0. The van der Waals surface area contributed by atoms with Crippen molar-refractivity contribution in [1.82, 2.24) is 5.32 Å². The van der Waals surface area contributed by atoms with E-state index in [0.29, 0.717) is 22.1 Å². The lowest BCUT2D eigenvalue weighted by Crippen LogP contribution is -2.39. The Hall–Kier alpha value is -0.680. The molecule has 0 saturated carbocycles. The second kappa shape index (κ2) is 6.85. The highest BCUT2D eigenvalue weighted by Crippen LogP contribution is 2.28. The second-order valence-electron chi connectivity index (χ2n) is 5.80. The zero-order valence-corrected chi connectivity index (χ0v) is 13.5. The van der Waals surface area contributed by atoms with E-state index in [4.69, 9.17) is 0 Å². The molecule has 112 valence electrons. The molecule has 1 atom stereocenters. The van der Waals surface area contributed by atoms with E-state index in [9.17, 15) is 8.78 Å². The fourth-order valence-electron chi connectivity index (χ4n) is 2.70. The summed E-state index contributed by atoms with van der Waals surface area (Å²) in [5, 5.41) is 3.51. The van der Waals surface area contributed by atoms with E-state index in [0.717, 1.165) is 38.5 Å². The summed E-state index contributed by atoms with van der Waals surface area (Å²) in [6.07, 6.45) is 2.02. The van der Waals surface area contributed by atoms with E-state index >= 15 is 0 Å². The van der Waals surface area contributed by atoms with Gasteiger partial charge in [0.15, 0.2) is 0 Å². The van der Waals surface area contributed by atoms with Crippen molar-refractivity contribution in [2.24, 2.45) is 5.92 Å². The molecule has 1 heterocycles. The Kier molecular flexibility index (Phi) is 5.38. The molecule has 0 bridgehead atoms. The molecule has 1 aromatic carbocycles. The lowest BCUT2D eigenvalue weighted by Gasteiger charge is -2.28. The van der Waals surface area contributed by atoms with Crippen LogP contribution >= 0.6 is 15.9 Å². The van der Waals surface area contributed by atoms with Crippen LogP contribution in [0.15, 0.2) is 16.6 Å². The van der Waals surface area contributed by atoms with Crippen LogP contribution in [0.25, 0.3) is 0 Å². The minimum absolute atomic E-state index is 0.312. The van der Waals surface area contributed by atoms with Gasteiger partial charge in [0.05, 0.1) is 10.2 Å². The topological polar surface area (TPSA) is 15.3 Å². The van der Waals surface area contributed by atoms with Crippen LogP contribution in [0.3, 0.4) is 0 Å². The minimum atomic E-state index is -0.557. The predicted octanol–water partition coefficient (Wildman–Crippen LogP) is 3.94. The van der Waals surface area contributed by atoms with Gasteiger partial charge >= 0.3 is 0 Å². The van der Waals surface area contributed by atoms with Crippen LogP contribution in [0.5, 0.6) is 0 Å². The van der Waals surface area contributed by atoms with E-state index in [1.54, 1.807) is 6.07 Å². The predicted molar refractivity (Wildman–Crippen MR) is 82.1 cm³/mol. The molecule has 1 aromatic rings. The van der Waals surface area contributed by atoms with Crippen molar-refractivity contribution in [3.8, 4) is 0 Å². The largest absolute Gasteiger partial charge is 0.368 e. The van der Waals surface area contributed by atoms with Crippen molar-refractivity contribution < 1.29 is 8.78 Å². The Bertz CT molecular complexity index is 465. The number of hydrogen-bond donors (Lipinski definition) is 1. The summed E-state index contributed by atoms with van der Waals surface area (Å²) in [6.45, 7) is 6.86. The number of nitrogens with one attached hydrogen (secondary N) is 1. The fraction of sp³-hybridized carbons (Fsp3) is 0.600. The molecule has 0 aromatic heterocycles. The SMILES string of the molecule is CC(C)CC1CN(c2cc(Br)c(F)cc2F)CCCN1. The number of hydrogen-bond acceptors (Lipinski definition) is 2. The molecule has 1 fully saturated rings. The molecule has 1 N–H and O–H groups in total. The fourth-order valence-corrected chi connectivity index (χ4v) is 3.03. The van der Waals surface area contributed by atoms with Crippen LogP contribution in [0.2, 0.25) is 0 Å². The number of rotatable bonds is 3. The Labute approximate surface area is 127 Å². The summed E-state index contributed by atoms with van der Waals surface area (Å²) in [7, 11) is 0. The molecule has 0 spiro atoms. The van der Waals surface area contributed by atoms with E-state index in [1.165, 1.54) is 0 Å². The lowest BCUT2D eigenvalue weighted by molar-refractivity contribution is 0.435. The number of nitrogens with zero attached hydrogens (tertiary/aromatic N) is 1. The van der Waals surface area contributed by atoms with E-state index in [2.05, 4.69) is 35.1 Å². The van der Waals surface area contributed by atoms with Gasteiger partial charge in [-0.2, -0.15) is 0 Å². The molecule has 2 rings (SSSR count). The first-order valence-electron chi connectivity index (χ1n) is 7.10. The molecule has 1 saturated heterocycles. The van der Waals surface area contributed by atoms with Gasteiger partial charge < -0.3 is 10.2 Å². The molecule has 20 heavy (non-hydrogen) atoms. The molecule has 0 radical (unpaired) electrons. The van der Waals surface area contributed by atoms with Gasteiger partial charge in [0.1, 0.15) is 11.6 Å². The number of halogens is 3. The van der Waals surface area contributed by atoms with E-state index < -0.39 is 11.6 Å². The summed E-state index contributed by atoms with van der Waals surface area (Å²) in [4.78, 5) is 2.02.